The van der Waals surface area contributed by atoms with Gasteiger partial charge in [0.1, 0.15) is 11.6 Å². The highest BCUT2D eigenvalue weighted by Gasteiger charge is 2.63. The van der Waals surface area contributed by atoms with Crippen LogP contribution in [-0.4, -0.2) is 22.8 Å². The van der Waals surface area contributed by atoms with Crippen LogP contribution in [0.25, 0.3) is 0 Å². The first-order valence-electron chi connectivity index (χ1n) is 11.9. The fraction of sp³-hybridized carbons (Fsp3) is 0.905. The largest absolute Gasteiger partial charge is 0.393 e. The van der Waals surface area contributed by atoms with Crippen LogP contribution in [0.4, 0.5) is 0 Å². The fourth-order valence-corrected chi connectivity index (χ4v) is 6.94. The zero-order chi connectivity index (χ0) is 21.8. The summed E-state index contributed by atoms with van der Waals surface area (Å²) in [6, 6.07) is 0. The van der Waals surface area contributed by atoms with Crippen molar-refractivity contribution in [1.82, 2.24) is 0 Å². The number of Topliss-reactive ketones (excluding diaryl/α,β-unsaturated/α-hetero) is 2. The van der Waals surface area contributed by atoms with E-state index in [2.05, 4.69) is 6.92 Å². The minimum absolute atomic E-state index is 0.00961. The molecule has 4 aliphatic carbocycles. The Bertz CT molecular complexity index is 765. The van der Waals surface area contributed by atoms with Gasteiger partial charge in [0.2, 0.25) is 0 Å². The molecule has 0 radical (unpaired) electrons. The highest BCUT2D eigenvalue weighted by molar-refractivity contribution is 5.87. The Kier molecular flexibility index (Phi) is 2.66. The summed E-state index contributed by atoms with van der Waals surface area (Å²) in [6.45, 7) is 5.46. The molecule has 134 valence electrons. The van der Waals surface area contributed by atoms with Gasteiger partial charge in [0, 0.05) is 23.7 Å². The first-order chi connectivity index (χ1) is 13.1. The number of carbonyl (C=O) groups excluding carboxylic acids is 2. The first-order valence-corrected chi connectivity index (χ1v) is 9.37. The van der Waals surface area contributed by atoms with E-state index in [-0.39, 0.29) is 47.6 Å². The summed E-state index contributed by atoms with van der Waals surface area (Å²) in [5.41, 5.74) is -1.31. The molecule has 0 aromatic rings. The number of fused-ring (bicyclic) bond motifs is 5. The molecule has 0 amide bonds. The van der Waals surface area contributed by atoms with Crippen molar-refractivity contribution in [2.75, 3.05) is 0 Å². The maximum Gasteiger partial charge on any atom is 0.137 e. The SMILES string of the molecule is [2H]C1([2H])C[C@]2(C)[C@H]3C(=O)C[C@]4(C)C(C(C)=O)CC[C@H]4[C@@H]3CC[C@H]2C([2H])([2H])[C@]1([2H])O. The fourth-order valence-electron chi connectivity index (χ4n) is 6.94. The van der Waals surface area contributed by atoms with Gasteiger partial charge in [-0.3, -0.25) is 9.59 Å². The Morgan fingerprint density at radius 2 is 2.00 bits per heavy atom. The summed E-state index contributed by atoms with van der Waals surface area (Å²) < 4.78 is 41.8. The van der Waals surface area contributed by atoms with Crippen molar-refractivity contribution in [1.29, 1.82) is 0 Å². The predicted octanol–water partition coefficient (Wildman–Crippen LogP) is 3.77. The predicted molar refractivity (Wildman–Crippen MR) is 92.3 cm³/mol. The summed E-state index contributed by atoms with van der Waals surface area (Å²) in [4.78, 5) is 25.8. The molecule has 3 nitrogen and oxygen atoms in total. The number of ketones is 2. The van der Waals surface area contributed by atoms with Crippen molar-refractivity contribution >= 4 is 11.6 Å². The first kappa shape index (κ1) is 11.8. The lowest BCUT2D eigenvalue weighted by Crippen LogP contribution is -2.58. The van der Waals surface area contributed by atoms with Gasteiger partial charge >= 0.3 is 0 Å². The number of carbonyl (C=O) groups is 2. The van der Waals surface area contributed by atoms with Crippen molar-refractivity contribution in [3.63, 3.8) is 0 Å². The topological polar surface area (TPSA) is 54.4 Å². The third kappa shape index (κ3) is 2.12. The molecule has 0 aliphatic heterocycles. The quantitative estimate of drug-likeness (QED) is 0.792. The highest BCUT2D eigenvalue weighted by atomic mass is 16.3. The highest BCUT2D eigenvalue weighted by Crippen LogP contribution is 2.66. The minimum atomic E-state index is -2.85. The van der Waals surface area contributed by atoms with Crippen LogP contribution in [0.5, 0.6) is 0 Å². The second-order valence-electron chi connectivity index (χ2n) is 9.12. The molecule has 0 aromatic heterocycles. The molecule has 1 unspecified atom stereocenters. The van der Waals surface area contributed by atoms with Crippen LogP contribution in [0, 0.1) is 40.4 Å². The van der Waals surface area contributed by atoms with E-state index in [0.717, 1.165) is 12.8 Å². The van der Waals surface area contributed by atoms with Crippen LogP contribution in [0.15, 0.2) is 0 Å². The third-order valence-corrected chi connectivity index (χ3v) is 7.99. The minimum Gasteiger partial charge on any atom is -0.393 e. The summed E-state index contributed by atoms with van der Waals surface area (Å²) in [5, 5.41) is 10.5. The van der Waals surface area contributed by atoms with Crippen LogP contribution < -0.4 is 0 Å². The molecule has 0 saturated heterocycles. The van der Waals surface area contributed by atoms with E-state index in [4.69, 9.17) is 6.85 Å². The van der Waals surface area contributed by atoms with Gasteiger partial charge in [-0.25, -0.2) is 0 Å². The van der Waals surface area contributed by atoms with E-state index < -0.39 is 36.1 Å². The van der Waals surface area contributed by atoms with Gasteiger partial charge in [-0.2, -0.15) is 0 Å². The lowest BCUT2D eigenvalue weighted by molar-refractivity contribution is -0.162. The molecule has 4 aliphatic rings. The van der Waals surface area contributed by atoms with E-state index in [1.54, 1.807) is 13.8 Å². The maximum absolute atomic E-state index is 13.5. The summed E-state index contributed by atoms with van der Waals surface area (Å²) in [7, 11) is 0. The van der Waals surface area contributed by atoms with Crippen LogP contribution >= 0.6 is 0 Å². The normalized spacial score (nSPS) is 64.2. The molecule has 24 heavy (non-hydrogen) atoms. The van der Waals surface area contributed by atoms with Crippen LogP contribution in [-0.2, 0) is 9.59 Å². The van der Waals surface area contributed by atoms with Crippen molar-refractivity contribution in [2.24, 2.45) is 40.4 Å². The molecule has 4 rings (SSSR count). The zero-order valence-electron chi connectivity index (χ0n) is 19.9. The van der Waals surface area contributed by atoms with Gasteiger partial charge in [0.05, 0.1) is 7.45 Å². The Morgan fingerprint density at radius 1 is 1.25 bits per heavy atom. The van der Waals surface area contributed by atoms with Gasteiger partial charge in [0.15, 0.2) is 0 Å². The number of rotatable bonds is 1. The molecule has 4 fully saturated rings. The molecule has 0 spiro atoms. The Balaban J connectivity index is 1.78. The molecule has 0 aromatic carbocycles. The summed E-state index contributed by atoms with van der Waals surface area (Å²) in [6.07, 6.45) is -4.98. The second-order valence-corrected chi connectivity index (χ2v) is 9.12. The molecule has 8 atom stereocenters. The Hall–Kier alpha value is -0.700. The van der Waals surface area contributed by atoms with Gasteiger partial charge in [-0.05, 0) is 80.4 Å². The monoisotopic (exact) mass is 337 g/mol. The van der Waals surface area contributed by atoms with E-state index in [1.807, 2.05) is 0 Å². The lowest BCUT2D eigenvalue weighted by Gasteiger charge is -2.59. The average molecular weight is 338 g/mol. The smallest absolute Gasteiger partial charge is 0.137 e. The second kappa shape index (κ2) is 5.40. The van der Waals surface area contributed by atoms with E-state index in [9.17, 15) is 14.7 Å². The van der Waals surface area contributed by atoms with Gasteiger partial charge < -0.3 is 5.11 Å². The lowest BCUT2D eigenvalue weighted by atomic mass is 9.44. The number of hydrogen-bond acceptors (Lipinski definition) is 3. The molecule has 4 saturated carbocycles. The Morgan fingerprint density at radius 3 is 2.71 bits per heavy atom. The number of hydrogen-bond donors (Lipinski definition) is 1. The average Bonchev–Trinajstić information content (AvgIpc) is 2.89. The van der Waals surface area contributed by atoms with Crippen molar-refractivity contribution in [3.05, 3.63) is 0 Å². The molecular weight excluding hydrogens is 300 g/mol. The summed E-state index contributed by atoms with van der Waals surface area (Å²) in [5.74, 6) is -1.000. The molecular formula is C21H32O3. The number of aliphatic hydroxyl groups is 1. The molecule has 1 N–H and O–H groups in total. The van der Waals surface area contributed by atoms with Crippen molar-refractivity contribution in [2.45, 2.75) is 78.1 Å². The third-order valence-electron chi connectivity index (χ3n) is 7.99. The van der Waals surface area contributed by atoms with Gasteiger partial charge in [-0.15, -0.1) is 0 Å². The molecule has 0 bridgehead atoms. The maximum atomic E-state index is 13.5. The van der Waals surface area contributed by atoms with Crippen molar-refractivity contribution < 1.29 is 21.5 Å². The van der Waals surface area contributed by atoms with Gasteiger partial charge in [0.25, 0.3) is 0 Å². The van der Waals surface area contributed by atoms with Gasteiger partial charge in [-0.1, -0.05) is 13.8 Å². The zero-order valence-corrected chi connectivity index (χ0v) is 14.9. The summed E-state index contributed by atoms with van der Waals surface area (Å²) >= 11 is 0. The van der Waals surface area contributed by atoms with E-state index in [1.165, 1.54) is 0 Å². The van der Waals surface area contributed by atoms with Crippen LogP contribution in [0.1, 0.15) is 78.9 Å². The Labute approximate surface area is 152 Å². The van der Waals surface area contributed by atoms with Crippen LogP contribution in [0.3, 0.4) is 0 Å². The molecule has 3 heteroatoms. The van der Waals surface area contributed by atoms with Crippen LogP contribution in [0.2, 0.25) is 0 Å². The molecule has 0 heterocycles. The standard InChI is InChI=1S/C21H32O3/c1-12(22)16-6-7-17-15-5-4-13-10-14(23)8-9-20(13,2)19(15)18(24)11-21(16,17)3/h13-17,19,23H,4-11H2,1-3H3/t13-,14+,15-,16?,17-,19+,20-,21+/m0/s1/i8D2,10D2,14D. The van der Waals surface area contributed by atoms with E-state index >= 15 is 0 Å². The van der Waals surface area contributed by atoms with Crippen molar-refractivity contribution in [3.8, 4) is 0 Å². The van der Waals surface area contributed by atoms with E-state index in [0.29, 0.717) is 12.8 Å².